The van der Waals surface area contributed by atoms with E-state index < -0.39 is 0 Å². The lowest BCUT2D eigenvalue weighted by molar-refractivity contribution is 0.558. The summed E-state index contributed by atoms with van der Waals surface area (Å²) in [6.07, 6.45) is 3.67. The number of hydrogen-bond donors (Lipinski definition) is 0. The highest BCUT2D eigenvalue weighted by molar-refractivity contribution is 5.27. The van der Waals surface area contributed by atoms with Crippen molar-refractivity contribution in [3.63, 3.8) is 0 Å². The fraction of sp³-hybridized carbons (Fsp3) is 0.538. The van der Waals surface area contributed by atoms with Crippen LogP contribution in [0.5, 0.6) is 0 Å². The van der Waals surface area contributed by atoms with Crippen molar-refractivity contribution in [2.75, 3.05) is 0 Å². The molecule has 0 aliphatic rings. The summed E-state index contributed by atoms with van der Waals surface area (Å²) in [5.41, 5.74) is 3.06. The Bertz CT molecular complexity index is 250. The number of hydrogen-bond acceptors (Lipinski definition) is 0. The molecular weight excluding hydrogens is 156 g/mol. The molecule has 0 heterocycles. The maximum absolute atomic E-state index is 2.33. The van der Waals surface area contributed by atoms with Gasteiger partial charge in [0.05, 0.1) is 0 Å². The Hall–Kier alpha value is -0.780. The van der Waals surface area contributed by atoms with Gasteiger partial charge in [0.15, 0.2) is 0 Å². The van der Waals surface area contributed by atoms with Crippen molar-refractivity contribution in [1.29, 1.82) is 0 Å². The summed E-state index contributed by atoms with van der Waals surface area (Å²) in [4.78, 5) is 0. The van der Waals surface area contributed by atoms with Crippen LogP contribution in [0.4, 0.5) is 0 Å². The first kappa shape index (κ1) is 10.3. The Morgan fingerprint density at radius 2 is 1.69 bits per heavy atom. The van der Waals surface area contributed by atoms with Crippen LogP contribution in [0.25, 0.3) is 0 Å². The molecule has 0 bridgehead atoms. The molecule has 1 aromatic rings. The lowest BCUT2D eigenvalue weighted by Gasteiger charge is -2.11. The van der Waals surface area contributed by atoms with E-state index in [9.17, 15) is 0 Å². The van der Waals surface area contributed by atoms with E-state index in [1.807, 2.05) is 0 Å². The van der Waals surface area contributed by atoms with Crippen molar-refractivity contribution in [2.45, 2.75) is 40.0 Å². The summed E-state index contributed by atoms with van der Waals surface area (Å²) >= 11 is 0. The Balaban J connectivity index is 2.74. The van der Waals surface area contributed by atoms with E-state index in [1.54, 1.807) is 5.56 Å². The van der Waals surface area contributed by atoms with Crippen LogP contribution in [-0.2, 0) is 12.8 Å². The SMILES string of the molecule is CCc1ccccc1CC(C)CC. The fourth-order valence-corrected chi connectivity index (χ4v) is 1.62. The van der Waals surface area contributed by atoms with Crippen molar-refractivity contribution in [1.82, 2.24) is 0 Å². The summed E-state index contributed by atoms with van der Waals surface area (Å²) in [6, 6.07) is 8.80. The van der Waals surface area contributed by atoms with Crippen molar-refractivity contribution >= 4 is 0 Å². The van der Waals surface area contributed by atoms with Crippen molar-refractivity contribution in [3.8, 4) is 0 Å². The fourth-order valence-electron chi connectivity index (χ4n) is 1.62. The number of benzene rings is 1. The van der Waals surface area contributed by atoms with Gasteiger partial charge in [0.2, 0.25) is 0 Å². The molecule has 0 aromatic heterocycles. The van der Waals surface area contributed by atoms with Crippen molar-refractivity contribution in [3.05, 3.63) is 35.4 Å². The third-order valence-electron chi connectivity index (χ3n) is 2.76. The van der Waals surface area contributed by atoms with E-state index in [0.29, 0.717) is 0 Å². The van der Waals surface area contributed by atoms with Crippen molar-refractivity contribution in [2.24, 2.45) is 5.92 Å². The van der Waals surface area contributed by atoms with Gasteiger partial charge >= 0.3 is 0 Å². The summed E-state index contributed by atoms with van der Waals surface area (Å²) in [5, 5.41) is 0. The normalized spacial score (nSPS) is 12.8. The quantitative estimate of drug-likeness (QED) is 0.654. The first-order valence-corrected chi connectivity index (χ1v) is 5.34. The van der Waals surface area contributed by atoms with Gasteiger partial charge in [-0.05, 0) is 29.9 Å². The van der Waals surface area contributed by atoms with Gasteiger partial charge in [-0.3, -0.25) is 0 Å². The van der Waals surface area contributed by atoms with Crippen LogP contribution in [0.3, 0.4) is 0 Å². The van der Waals surface area contributed by atoms with E-state index in [0.717, 1.165) is 12.3 Å². The molecule has 1 rings (SSSR count). The monoisotopic (exact) mass is 176 g/mol. The zero-order chi connectivity index (χ0) is 9.68. The van der Waals surface area contributed by atoms with Crippen LogP contribution in [-0.4, -0.2) is 0 Å². The van der Waals surface area contributed by atoms with E-state index in [1.165, 1.54) is 18.4 Å². The molecular formula is C13H20. The van der Waals surface area contributed by atoms with Gasteiger partial charge in [-0.15, -0.1) is 0 Å². The molecule has 1 atom stereocenters. The standard InChI is InChI=1S/C13H20/c1-4-11(3)10-13-9-7-6-8-12(13)5-2/h6-9,11H,4-5,10H2,1-3H3. The summed E-state index contributed by atoms with van der Waals surface area (Å²) in [7, 11) is 0. The van der Waals surface area contributed by atoms with E-state index >= 15 is 0 Å². The third-order valence-corrected chi connectivity index (χ3v) is 2.76. The van der Waals surface area contributed by atoms with Gasteiger partial charge in [-0.1, -0.05) is 51.5 Å². The Morgan fingerprint density at radius 3 is 2.23 bits per heavy atom. The molecule has 0 saturated heterocycles. The molecule has 0 heteroatoms. The molecule has 0 fully saturated rings. The average Bonchev–Trinajstić information content (AvgIpc) is 2.18. The molecule has 0 amide bonds. The zero-order valence-electron chi connectivity index (χ0n) is 9.01. The lowest BCUT2D eigenvalue weighted by Crippen LogP contribution is -2.00. The van der Waals surface area contributed by atoms with Crippen LogP contribution in [0.15, 0.2) is 24.3 Å². The maximum Gasteiger partial charge on any atom is -0.0250 e. The first-order valence-electron chi connectivity index (χ1n) is 5.34. The minimum atomic E-state index is 0.813. The molecule has 13 heavy (non-hydrogen) atoms. The van der Waals surface area contributed by atoms with Gasteiger partial charge in [-0.2, -0.15) is 0 Å². The lowest BCUT2D eigenvalue weighted by atomic mass is 9.94. The van der Waals surface area contributed by atoms with E-state index in [4.69, 9.17) is 0 Å². The second kappa shape index (κ2) is 5.06. The highest BCUT2D eigenvalue weighted by Gasteiger charge is 2.03. The molecule has 0 saturated carbocycles. The highest BCUT2D eigenvalue weighted by Crippen LogP contribution is 2.16. The van der Waals surface area contributed by atoms with Crippen molar-refractivity contribution < 1.29 is 0 Å². The highest BCUT2D eigenvalue weighted by atomic mass is 14.1. The summed E-state index contributed by atoms with van der Waals surface area (Å²) < 4.78 is 0. The van der Waals surface area contributed by atoms with Gasteiger partial charge in [0.25, 0.3) is 0 Å². The molecule has 1 aromatic carbocycles. The van der Waals surface area contributed by atoms with E-state index in [-0.39, 0.29) is 0 Å². The molecule has 0 aliphatic carbocycles. The number of aryl methyl sites for hydroxylation is 1. The molecule has 1 unspecified atom stereocenters. The molecule has 0 nitrogen and oxygen atoms in total. The Labute approximate surface area is 82.0 Å². The zero-order valence-corrected chi connectivity index (χ0v) is 9.01. The topological polar surface area (TPSA) is 0 Å². The van der Waals surface area contributed by atoms with E-state index in [2.05, 4.69) is 45.0 Å². The van der Waals surface area contributed by atoms with Crippen LogP contribution < -0.4 is 0 Å². The van der Waals surface area contributed by atoms with Crippen LogP contribution >= 0.6 is 0 Å². The van der Waals surface area contributed by atoms with Crippen LogP contribution in [0.1, 0.15) is 38.3 Å². The second-order valence-corrected chi connectivity index (χ2v) is 3.84. The second-order valence-electron chi connectivity index (χ2n) is 3.84. The first-order chi connectivity index (χ1) is 6.27. The summed E-state index contributed by atoms with van der Waals surface area (Å²) in [6.45, 7) is 6.82. The average molecular weight is 176 g/mol. The Kier molecular flexibility index (Phi) is 4.01. The predicted molar refractivity (Wildman–Crippen MR) is 59.0 cm³/mol. The minimum absolute atomic E-state index is 0.813. The third kappa shape index (κ3) is 2.87. The molecule has 0 N–H and O–H groups in total. The predicted octanol–water partition coefficient (Wildman–Crippen LogP) is 3.84. The van der Waals surface area contributed by atoms with Gasteiger partial charge < -0.3 is 0 Å². The maximum atomic E-state index is 2.33. The van der Waals surface area contributed by atoms with Crippen LogP contribution in [0.2, 0.25) is 0 Å². The Morgan fingerprint density at radius 1 is 1.08 bits per heavy atom. The number of rotatable bonds is 4. The van der Waals surface area contributed by atoms with Crippen LogP contribution in [0, 0.1) is 5.92 Å². The largest absolute Gasteiger partial charge is 0.0651 e. The minimum Gasteiger partial charge on any atom is -0.0651 e. The van der Waals surface area contributed by atoms with Gasteiger partial charge in [0.1, 0.15) is 0 Å². The smallest absolute Gasteiger partial charge is 0.0250 e. The molecule has 0 aliphatic heterocycles. The summed E-state index contributed by atoms with van der Waals surface area (Å²) in [5.74, 6) is 0.813. The van der Waals surface area contributed by atoms with Gasteiger partial charge in [0, 0.05) is 0 Å². The molecule has 0 spiro atoms. The van der Waals surface area contributed by atoms with Gasteiger partial charge in [-0.25, -0.2) is 0 Å². The molecule has 0 radical (unpaired) electrons. The molecule has 72 valence electrons.